The van der Waals surface area contributed by atoms with Gasteiger partial charge in [-0.3, -0.25) is 5.41 Å². The fourth-order valence-electron chi connectivity index (χ4n) is 1.29. The first-order valence-corrected chi connectivity index (χ1v) is 6.10. The Bertz CT molecular complexity index is 528. The Labute approximate surface area is 102 Å². The normalized spacial score (nSPS) is 10.6. The van der Waals surface area contributed by atoms with Crippen molar-refractivity contribution in [3.05, 3.63) is 38.9 Å². The number of rotatable bonds is 3. The maximum absolute atomic E-state index is 7.76. The second-order valence-electron chi connectivity index (χ2n) is 3.30. The number of nitrogens with zero attached hydrogens (tertiary/aromatic N) is 3. The van der Waals surface area contributed by atoms with Crippen molar-refractivity contribution in [1.29, 1.82) is 5.41 Å². The van der Waals surface area contributed by atoms with Gasteiger partial charge in [-0.25, -0.2) is 9.67 Å². The number of pyridine rings is 1. The fourth-order valence-corrected chi connectivity index (χ4v) is 2.12. The smallest absolute Gasteiger partial charge is 0.200 e. The van der Waals surface area contributed by atoms with Crippen LogP contribution in [-0.4, -0.2) is 14.8 Å². The average Bonchev–Trinajstić information content (AvgIpc) is 2.63. The van der Waals surface area contributed by atoms with E-state index in [1.807, 2.05) is 13.0 Å². The number of hydrogen-bond acceptors (Lipinski definition) is 4. The van der Waals surface area contributed by atoms with Gasteiger partial charge in [0.1, 0.15) is 10.2 Å². The summed E-state index contributed by atoms with van der Waals surface area (Å²) >= 11 is 7.11. The molecule has 0 fully saturated rings. The minimum atomic E-state index is 0.465. The minimum Gasteiger partial charge on any atom is -0.274 e. The van der Waals surface area contributed by atoms with E-state index >= 15 is 0 Å². The quantitative estimate of drug-likeness (QED) is 0.853. The van der Waals surface area contributed by atoms with Gasteiger partial charge in [0.25, 0.3) is 0 Å². The fraction of sp³-hybridized carbons (Fsp3) is 0.300. The van der Waals surface area contributed by atoms with Crippen molar-refractivity contribution in [1.82, 2.24) is 14.8 Å². The van der Waals surface area contributed by atoms with E-state index in [1.165, 1.54) is 11.3 Å². The standard InChI is InChI=1S/C10H11ClN4S/c1-2-9-14-15(10(12)16-9)6-7-3-4-8(11)13-5-7/h3-5,12H,2,6H2,1H3. The first-order chi connectivity index (χ1) is 7.69. The van der Waals surface area contributed by atoms with Crippen molar-refractivity contribution in [2.75, 3.05) is 0 Å². The molecular formula is C10H11ClN4S. The lowest BCUT2D eigenvalue weighted by Gasteiger charge is -2.00. The molecule has 0 atom stereocenters. The maximum Gasteiger partial charge on any atom is 0.200 e. The molecule has 0 spiro atoms. The number of halogens is 1. The van der Waals surface area contributed by atoms with Gasteiger partial charge in [0.05, 0.1) is 6.54 Å². The van der Waals surface area contributed by atoms with Crippen LogP contribution in [0.25, 0.3) is 0 Å². The number of nitrogens with one attached hydrogen (secondary N) is 1. The van der Waals surface area contributed by atoms with E-state index < -0.39 is 0 Å². The lowest BCUT2D eigenvalue weighted by Crippen LogP contribution is -2.15. The highest BCUT2D eigenvalue weighted by Crippen LogP contribution is 2.07. The molecule has 0 unspecified atom stereocenters. The second kappa shape index (κ2) is 4.76. The molecule has 0 aliphatic carbocycles. The van der Waals surface area contributed by atoms with E-state index in [0.29, 0.717) is 16.5 Å². The molecule has 0 aliphatic heterocycles. The van der Waals surface area contributed by atoms with Crippen molar-refractivity contribution >= 4 is 22.9 Å². The summed E-state index contributed by atoms with van der Waals surface area (Å²) in [4.78, 5) is 4.46. The maximum atomic E-state index is 7.76. The van der Waals surface area contributed by atoms with Crippen molar-refractivity contribution in [3.63, 3.8) is 0 Å². The molecular weight excluding hydrogens is 244 g/mol. The molecule has 6 heteroatoms. The van der Waals surface area contributed by atoms with E-state index in [2.05, 4.69) is 10.1 Å². The topological polar surface area (TPSA) is 54.6 Å². The van der Waals surface area contributed by atoms with Crippen LogP contribution in [0.15, 0.2) is 18.3 Å². The van der Waals surface area contributed by atoms with E-state index in [0.717, 1.165) is 17.0 Å². The number of hydrogen-bond donors (Lipinski definition) is 1. The molecule has 0 aliphatic rings. The molecule has 4 nitrogen and oxygen atoms in total. The van der Waals surface area contributed by atoms with Crippen LogP contribution in [0, 0.1) is 5.41 Å². The zero-order chi connectivity index (χ0) is 11.5. The first-order valence-electron chi connectivity index (χ1n) is 4.91. The zero-order valence-electron chi connectivity index (χ0n) is 8.77. The Morgan fingerprint density at radius 1 is 1.50 bits per heavy atom. The molecule has 0 radical (unpaired) electrons. The molecule has 2 aromatic heterocycles. The second-order valence-corrected chi connectivity index (χ2v) is 4.75. The number of aromatic nitrogens is 3. The van der Waals surface area contributed by atoms with Gasteiger partial charge in [0.15, 0.2) is 0 Å². The van der Waals surface area contributed by atoms with Gasteiger partial charge >= 0.3 is 0 Å². The predicted octanol–water partition coefficient (Wildman–Crippen LogP) is 2.08. The van der Waals surface area contributed by atoms with Gasteiger partial charge in [-0.05, 0) is 18.1 Å². The molecule has 84 valence electrons. The van der Waals surface area contributed by atoms with Crippen LogP contribution < -0.4 is 4.80 Å². The van der Waals surface area contributed by atoms with Gasteiger partial charge in [-0.1, -0.05) is 35.9 Å². The van der Waals surface area contributed by atoms with E-state index in [4.69, 9.17) is 17.0 Å². The van der Waals surface area contributed by atoms with Gasteiger partial charge in [-0.15, -0.1) is 0 Å². The van der Waals surface area contributed by atoms with Gasteiger partial charge in [0.2, 0.25) is 4.80 Å². The van der Waals surface area contributed by atoms with Crippen molar-refractivity contribution in [3.8, 4) is 0 Å². The van der Waals surface area contributed by atoms with Crippen molar-refractivity contribution in [2.45, 2.75) is 19.9 Å². The highest BCUT2D eigenvalue weighted by molar-refractivity contribution is 7.08. The van der Waals surface area contributed by atoms with E-state index in [1.54, 1.807) is 16.9 Å². The number of aryl methyl sites for hydroxylation is 1. The highest BCUT2D eigenvalue weighted by Gasteiger charge is 2.03. The third kappa shape index (κ3) is 2.48. The third-order valence-electron chi connectivity index (χ3n) is 2.10. The van der Waals surface area contributed by atoms with Crippen molar-refractivity contribution < 1.29 is 0 Å². The summed E-state index contributed by atoms with van der Waals surface area (Å²) in [5, 5.41) is 13.5. The van der Waals surface area contributed by atoms with Crippen LogP contribution in [0.1, 0.15) is 17.5 Å². The lowest BCUT2D eigenvalue weighted by atomic mass is 10.3. The van der Waals surface area contributed by atoms with Gasteiger partial charge in [0, 0.05) is 6.20 Å². The van der Waals surface area contributed by atoms with Crippen LogP contribution in [-0.2, 0) is 13.0 Å². The van der Waals surface area contributed by atoms with Gasteiger partial charge < -0.3 is 0 Å². The molecule has 2 rings (SSSR count). The third-order valence-corrected chi connectivity index (χ3v) is 3.34. The largest absolute Gasteiger partial charge is 0.274 e. The highest BCUT2D eigenvalue weighted by atomic mass is 35.5. The Morgan fingerprint density at radius 2 is 2.31 bits per heavy atom. The van der Waals surface area contributed by atoms with Crippen LogP contribution in [0.5, 0.6) is 0 Å². The summed E-state index contributed by atoms with van der Waals surface area (Å²) in [6.45, 7) is 2.60. The Hall–Kier alpha value is -1.20. The first kappa shape index (κ1) is 11.3. The Kier molecular flexibility index (Phi) is 3.36. The van der Waals surface area contributed by atoms with Crippen LogP contribution >= 0.6 is 22.9 Å². The van der Waals surface area contributed by atoms with Gasteiger partial charge in [-0.2, -0.15) is 5.10 Å². The average molecular weight is 255 g/mol. The molecule has 0 saturated carbocycles. The molecule has 16 heavy (non-hydrogen) atoms. The summed E-state index contributed by atoms with van der Waals surface area (Å²) in [5.74, 6) is 0. The molecule has 0 aromatic carbocycles. The molecule has 2 aromatic rings. The SMILES string of the molecule is CCc1nn(Cc2ccc(Cl)nc2)c(=N)s1. The molecule has 1 N–H and O–H groups in total. The Morgan fingerprint density at radius 3 is 2.88 bits per heavy atom. The zero-order valence-corrected chi connectivity index (χ0v) is 10.3. The summed E-state index contributed by atoms with van der Waals surface area (Å²) in [6, 6.07) is 3.64. The summed E-state index contributed by atoms with van der Waals surface area (Å²) in [5.41, 5.74) is 0.996. The molecule has 2 heterocycles. The molecule has 0 saturated heterocycles. The summed E-state index contributed by atoms with van der Waals surface area (Å²) in [6.07, 6.45) is 2.57. The van der Waals surface area contributed by atoms with Crippen LogP contribution in [0.3, 0.4) is 0 Å². The summed E-state index contributed by atoms with van der Waals surface area (Å²) in [7, 11) is 0. The summed E-state index contributed by atoms with van der Waals surface area (Å²) < 4.78 is 1.68. The van der Waals surface area contributed by atoms with E-state index in [9.17, 15) is 0 Å². The monoisotopic (exact) mass is 254 g/mol. The van der Waals surface area contributed by atoms with E-state index in [-0.39, 0.29) is 0 Å². The lowest BCUT2D eigenvalue weighted by molar-refractivity contribution is 0.636. The predicted molar refractivity (Wildman–Crippen MR) is 63.7 cm³/mol. The van der Waals surface area contributed by atoms with Crippen LogP contribution in [0.2, 0.25) is 5.15 Å². The van der Waals surface area contributed by atoms with Crippen LogP contribution in [0.4, 0.5) is 0 Å². The Balaban J connectivity index is 2.23. The molecule has 0 amide bonds. The van der Waals surface area contributed by atoms with Crippen molar-refractivity contribution in [2.24, 2.45) is 0 Å². The minimum absolute atomic E-state index is 0.465. The molecule has 0 bridgehead atoms.